The predicted octanol–water partition coefficient (Wildman–Crippen LogP) is 2.22. The topological polar surface area (TPSA) is 75.4 Å². The van der Waals surface area contributed by atoms with Gasteiger partial charge in [-0.15, -0.1) is 0 Å². The van der Waals surface area contributed by atoms with E-state index in [-0.39, 0.29) is 23.8 Å². The van der Waals surface area contributed by atoms with Crippen LogP contribution in [0.3, 0.4) is 0 Å². The Hall–Kier alpha value is -1.57. The van der Waals surface area contributed by atoms with E-state index in [0.717, 1.165) is 3.57 Å². The van der Waals surface area contributed by atoms with Gasteiger partial charge in [-0.3, -0.25) is 4.79 Å². The van der Waals surface area contributed by atoms with Gasteiger partial charge in [0.1, 0.15) is 11.5 Å². The van der Waals surface area contributed by atoms with Gasteiger partial charge in [0.15, 0.2) is 0 Å². The van der Waals surface area contributed by atoms with Crippen molar-refractivity contribution in [1.29, 1.82) is 0 Å². The van der Waals surface area contributed by atoms with Crippen LogP contribution in [0.5, 0.6) is 5.75 Å². The van der Waals surface area contributed by atoms with Crippen LogP contribution in [0.15, 0.2) is 28.8 Å². The molecule has 1 amide bonds. The van der Waals surface area contributed by atoms with E-state index < -0.39 is 0 Å². The van der Waals surface area contributed by atoms with E-state index in [2.05, 4.69) is 32.9 Å². The van der Waals surface area contributed by atoms with Gasteiger partial charge in [0.05, 0.1) is 18.3 Å². The van der Waals surface area contributed by atoms with Crippen molar-refractivity contribution in [3.8, 4) is 5.75 Å². The maximum atomic E-state index is 11.9. The maximum Gasteiger partial charge on any atom is 0.255 e. The summed E-state index contributed by atoms with van der Waals surface area (Å²) in [4.78, 5) is 15.8. The second-order valence-corrected chi connectivity index (χ2v) is 4.95. The lowest BCUT2D eigenvalue weighted by atomic mass is 10.2. The summed E-state index contributed by atoms with van der Waals surface area (Å²) in [6.07, 6.45) is 1.59. The molecule has 1 heterocycles. The summed E-state index contributed by atoms with van der Waals surface area (Å²) in [5, 5.41) is 12.2. The van der Waals surface area contributed by atoms with Crippen molar-refractivity contribution < 1.29 is 14.3 Å². The fourth-order valence-electron chi connectivity index (χ4n) is 1.42. The van der Waals surface area contributed by atoms with Crippen molar-refractivity contribution in [2.45, 2.75) is 13.5 Å². The number of aryl methyl sites for hydroxylation is 1. The SMILES string of the molecule is Cc1cnc(CNC(=O)c2cc(I)ccc2O)o1. The molecule has 2 N–H and O–H groups in total. The number of rotatable bonds is 3. The molecule has 0 radical (unpaired) electrons. The first-order chi connectivity index (χ1) is 8.56. The molecule has 0 aliphatic rings. The summed E-state index contributed by atoms with van der Waals surface area (Å²) in [6.45, 7) is 1.97. The molecule has 0 saturated carbocycles. The van der Waals surface area contributed by atoms with Crippen molar-refractivity contribution in [2.24, 2.45) is 0 Å². The lowest BCUT2D eigenvalue weighted by Gasteiger charge is -2.05. The Morgan fingerprint density at radius 1 is 1.56 bits per heavy atom. The van der Waals surface area contributed by atoms with E-state index in [9.17, 15) is 9.90 Å². The average molecular weight is 358 g/mol. The van der Waals surface area contributed by atoms with Gasteiger partial charge >= 0.3 is 0 Å². The third-order valence-electron chi connectivity index (χ3n) is 2.27. The third kappa shape index (κ3) is 3.00. The number of aromatic nitrogens is 1. The molecule has 0 saturated heterocycles. The number of oxazole rings is 1. The van der Waals surface area contributed by atoms with Gasteiger partial charge in [0.25, 0.3) is 5.91 Å². The van der Waals surface area contributed by atoms with Crippen molar-refractivity contribution in [1.82, 2.24) is 10.3 Å². The number of nitrogens with one attached hydrogen (secondary N) is 1. The van der Waals surface area contributed by atoms with Gasteiger partial charge in [-0.1, -0.05) is 0 Å². The number of amides is 1. The lowest BCUT2D eigenvalue weighted by molar-refractivity contribution is 0.0944. The normalized spacial score (nSPS) is 10.3. The number of hydrogen-bond acceptors (Lipinski definition) is 4. The highest BCUT2D eigenvalue weighted by atomic mass is 127. The van der Waals surface area contributed by atoms with Crippen LogP contribution in [-0.4, -0.2) is 16.0 Å². The molecule has 1 aromatic carbocycles. The molecular formula is C12H11IN2O3. The van der Waals surface area contributed by atoms with Gasteiger partial charge in [-0.25, -0.2) is 4.98 Å². The zero-order chi connectivity index (χ0) is 13.1. The van der Waals surface area contributed by atoms with Crippen LogP contribution in [0.2, 0.25) is 0 Å². The summed E-state index contributed by atoms with van der Waals surface area (Å²) in [5.74, 6) is 0.723. The van der Waals surface area contributed by atoms with Crippen molar-refractivity contribution in [2.75, 3.05) is 0 Å². The number of carbonyl (C=O) groups excluding carboxylic acids is 1. The zero-order valence-corrected chi connectivity index (χ0v) is 11.8. The predicted molar refractivity (Wildman–Crippen MR) is 73.2 cm³/mol. The number of phenols is 1. The number of nitrogens with zero attached hydrogens (tertiary/aromatic N) is 1. The molecule has 1 aromatic heterocycles. The monoisotopic (exact) mass is 358 g/mol. The Morgan fingerprint density at radius 2 is 2.33 bits per heavy atom. The molecule has 2 rings (SSSR count). The van der Waals surface area contributed by atoms with Crippen LogP contribution in [0.4, 0.5) is 0 Å². The summed E-state index contributed by atoms with van der Waals surface area (Å²) < 4.78 is 6.11. The van der Waals surface area contributed by atoms with E-state index in [1.165, 1.54) is 6.07 Å². The average Bonchev–Trinajstić information content (AvgIpc) is 2.75. The van der Waals surface area contributed by atoms with E-state index in [1.807, 2.05) is 0 Å². The molecule has 0 atom stereocenters. The molecule has 94 valence electrons. The summed E-state index contributed by atoms with van der Waals surface area (Å²) in [7, 11) is 0. The molecule has 6 heteroatoms. The molecule has 0 unspecified atom stereocenters. The highest BCUT2D eigenvalue weighted by Gasteiger charge is 2.12. The minimum atomic E-state index is -0.359. The molecule has 0 bridgehead atoms. The van der Waals surface area contributed by atoms with Crippen LogP contribution in [0, 0.1) is 10.5 Å². The number of carbonyl (C=O) groups is 1. The summed E-state index contributed by atoms with van der Waals surface area (Å²) >= 11 is 2.08. The largest absolute Gasteiger partial charge is 0.507 e. The van der Waals surface area contributed by atoms with Gasteiger partial charge in [-0.2, -0.15) is 0 Å². The highest BCUT2D eigenvalue weighted by molar-refractivity contribution is 14.1. The number of aromatic hydroxyl groups is 1. The van der Waals surface area contributed by atoms with Crippen molar-refractivity contribution in [3.63, 3.8) is 0 Å². The molecule has 0 aliphatic heterocycles. The Bertz CT molecular complexity index is 580. The molecule has 18 heavy (non-hydrogen) atoms. The Balaban J connectivity index is 2.05. The molecule has 0 aliphatic carbocycles. The maximum absolute atomic E-state index is 11.9. The minimum absolute atomic E-state index is 0.0449. The lowest BCUT2D eigenvalue weighted by Crippen LogP contribution is -2.23. The molecule has 0 fully saturated rings. The molecule has 0 spiro atoms. The van der Waals surface area contributed by atoms with Crippen LogP contribution >= 0.6 is 22.6 Å². The van der Waals surface area contributed by atoms with E-state index >= 15 is 0 Å². The summed E-state index contributed by atoms with van der Waals surface area (Å²) in [6, 6.07) is 4.84. The number of hydrogen-bond donors (Lipinski definition) is 2. The van der Waals surface area contributed by atoms with E-state index in [1.54, 1.807) is 25.3 Å². The highest BCUT2D eigenvalue weighted by Crippen LogP contribution is 2.19. The standard InChI is InChI=1S/C12H11IN2O3/c1-7-5-14-11(18-7)6-15-12(17)9-4-8(13)2-3-10(9)16/h2-5,16H,6H2,1H3,(H,15,17). The Labute approximate surface area is 117 Å². The summed E-state index contributed by atoms with van der Waals surface area (Å²) in [5.41, 5.74) is 0.241. The van der Waals surface area contributed by atoms with Crippen LogP contribution < -0.4 is 5.32 Å². The molecule has 2 aromatic rings. The van der Waals surface area contributed by atoms with E-state index in [4.69, 9.17) is 4.42 Å². The second kappa shape index (κ2) is 5.38. The van der Waals surface area contributed by atoms with Gasteiger partial charge in [0.2, 0.25) is 5.89 Å². The van der Waals surface area contributed by atoms with Gasteiger partial charge in [0, 0.05) is 3.57 Å². The molecular weight excluding hydrogens is 347 g/mol. The fraction of sp³-hybridized carbons (Fsp3) is 0.167. The van der Waals surface area contributed by atoms with Gasteiger partial charge < -0.3 is 14.8 Å². The smallest absolute Gasteiger partial charge is 0.255 e. The Morgan fingerprint density at radius 3 is 3.00 bits per heavy atom. The first-order valence-electron chi connectivity index (χ1n) is 5.24. The number of phenolic OH excluding ortho intramolecular Hbond substituents is 1. The third-order valence-corrected chi connectivity index (χ3v) is 2.94. The first-order valence-corrected chi connectivity index (χ1v) is 6.32. The van der Waals surface area contributed by atoms with E-state index in [0.29, 0.717) is 11.7 Å². The Kier molecular flexibility index (Phi) is 3.85. The molecule has 5 nitrogen and oxygen atoms in total. The van der Waals surface area contributed by atoms with Crippen LogP contribution in [-0.2, 0) is 6.54 Å². The van der Waals surface area contributed by atoms with Crippen molar-refractivity contribution in [3.05, 3.63) is 45.2 Å². The van der Waals surface area contributed by atoms with Crippen LogP contribution in [0.25, 0.3) is 0 Å². The zero-order valence-electron chi connectivity index (χ0n) is 9.61. The number of halogens is 1. The van der Waals surface area contributed by atoms with Crippen molar-refractivity contribution >= 4 is 28.5 Å². The number of benzene rings is 1. The minimum Gasteiger partial charge on any atom is -0.507 e. The van der Waals surface area contributed by atoms with Gasteiger partial charge in [-0.05, 0) is 47.7 Å². The first kappa shape index (κ1) is 12.9. The second-order valence-electron chi connectivity index (χ2n) is 3.71. The fourth-order valence-corrected chi connectivity index (χ4v) is 1.92. The van der Waals surface area contributed by atoms with Crippen LogP contribution in [0.1, 0.15) is 22.0 Å². The quantitative estimate of drug-likeness (QED) is 0.826.